The average Bonchev–Trinajstić information content (AvgIpc) is 2.03. The molecule has 0 unspecified atom stereocenters. The topological polar surface area (TPSA) is 26.0 Å². The number of benzene rings is 1. The lowest BCUT2D eigenvalue weighted by Gasteiger charge is -2.08. The zero-order valence-corrected chi connectivity index (χ0v) is 7.81. The summed E-state index contributed by atoms with van der Waals surface area (Å²) in [6.07, 6.45) is 1.68. The standard InChI is InChI=1S/C10H12ClN/c1-3-10(12)8-5-4-7(2)6-9(8)11/h3-6,10H,1,12H2,2H3/t10-/m0/s1. The lowest BCUT2D eigenvalue weighted by molar-refractivity contribution is 0.914. The molecule has 0 saturated carbocycles. The average molecular weight is 182 g/mol. The highest BCUT2D eigenvalue weighted by molar-refractivity contribution is 6.31. The van der Waals surface area contributed by atoms with Gasteiger partial charge in [0.15, 0.2) is 0 Å². The lowest BCUT2D eigenvalue weighted by Crippen LogP contribution is -2.06. The second-order valence-corrected chi connectivity index (χ2v) is 3.19. The minimum atomic E-state index is -0.168. The third-order valence-electron chi connectivity index (χ3n) is 1.77. The number of nitrogens with two attached hydrogens (primary N) is 1. The minimum absolute atomic E-state index is 0.168. The molecule has 0 saturated heterocycles. The van der Waals surface area contributed by atoms with E-state index >= 15 is 0 Å². The summed E-state index contributed by atoms with van der Waals surface area (Å²) in [5.74, 6) is 0. The molecule has 0 fully saturated rings. The van der Waals surface area contributed by atoms with Gasteiger partial charge in [0, 0.05) is 11.1 Å². The van der Waals surface area contributed by atoms with Crippen LogP contribution in [0.15, 0.2) is 30.9 Å². The Kier molecular flexibility index (Phi) is 2.90. The Balaban J connectivity index is 3.09. The monoisotopic (exact) mass is 181 g/mol. The van der Waals surface area contributed by atoms with Crippen LogP contribution in [0.1, 0.15) is 17.2 Å². The first kappa shape index (κ1) is 9.30. The molecular weight excluding hydrogens is 170 g/mol. The van der Waals surface area contributed by atoms with E-state index in [0.717, 1.165) is 11.1 Å². The second kappa shape index (κ2) is 3.74. The van der Waals surface area contributed by atoms with Gasteiger partial charge in [0.25, 0.3) is 0 Å². The molecule has 0 spiro atoms. The first-order valence-electron chi connectivity index (χ1n) is 3.79. The van der Waals surface area contributed by atoms with Crippen LogP contribution in [0.2, 0.25) is 5.02 Å². The fourth-order valence-electron chi connectivity index (χ4n) is 1.03. The van der Waals surface area contributed by atoms with Gasteiger partial charge in [-0.05, 0) is 24.1 Å². The molecule has 0 aliphatic heterocycles. The van der Waals surface area contributed by atoms with Gasteiger partial charge in [-0.1, -0.05) is 29.8 Å². The number of halogens is 1. The van der Waals surface area contributed by atoms with Crippen molar-refractivity contribution in [2.24, 2.45) is 5.73 Å². The van der Waals surface area contributed by atoms with Gasteiger partial charge in [0.05, 0.1) is 0 Å². The highest BCUT2D eigenvalue weighted by atomic mass is 35.5. The highest BCUT2D eigenvalue weighted by Crippen LogP contribution is 2.22. The molecule has 1 atom stereocenters. The van der Waals surface area contributed by atoms with E-state index in [9.17, 15) is 0 Å². The van der Waals surface area contributed by atoms with Crippen LogP contribution in [0.4, 0.5) is 0 Å². The molecule has 0 aliphatic carbocycles. The third-order valence-corrected chi connectivity index (χ3v) is 2.10. The molecule has 12 heavy (non-hydrogen) atoms. The first-order chi connectivity index (χ1) is 5.65. The molecule has 0 radical (unpaired) electrons. The van der Waals surface area contributed by atoms with Crippen molar-refractivity contribution in [3.05, 3.63) is 47.0 Å². The van der Waals surface area contributed by atoms with Crippen molar-refractivity contribution in [2.45, 2.75) is 13.0 Å². The molecule has 0 heterocycles. The van der Waals surface area contributed by atoms with Crippen molar-refractivity contribution in [2.75, 3.05) is 0 Å². The largest absolute Gasteiger partial charge is 0.321 e. The van der Waals surface area contributed by atoms with Crippen LogP contribution in [-0.4, -0.2) is 0 Å². The SMILES string of the molecule is C=C[C@H](N)c1ccc(C)cc1Cl. The third kappa shape index (κ3) is 1.87. The molecule has 0 bridgehead atoms. The maximum absolute atomic E-state index is 5.98. The first-order valence-corrected chi connectivity index (χ1v) is 4.17. The molecule has 2 heteroatoms. The van der Waals surface area contributed by atoms with Crippen molar-refractivity contribution in [3.8, 4) is 0 Å². The lowest BCUT2D eigenvalue weighted by atomic mass is 10.1. The van der Waals surface area contributed by atoms with E-state index in [1.54, 1.807) is 6.08 Å². The summed E-state index contributed by atoms with van der Waals surface area (Å²) >= 11 is 5.98. The molecule has 1 aromatic rings. The van der Waals surface area contributed by atoms with E-state index in [1.807, 2.05) is 25.1 Å². The summed E-state index contributed by atoms with van der Waals surface area (Å²) in [6, 6.07) is 5.66. The predicted molar refractivity (Wildman–Crippen MR) is 53.3 cm³/mol. The summed E-state index contributed by atoms with van der Waals surface area (Å²) in [7, 11) is 0. The molecule has 64 valence electrons. The van der Waals surface area contributed by atoms with Gasteiger partial charge >= 0.3 is 0 Å². The summed E-state index contributed by atoms with van der Waals surface area (Å²) in [5, 5.41) is 0.711. The van der Waals surface area contributed by atoms with Crippen LogP contribution in [0.5, 0.6) is 0 Å². The van der Waals surface area contributed by atoms with E-state index in [1.165, 1.54) is 0 Å². The van der Waals surface area contributed by atoms with E-state index in [2.05, 4.69) is 6.58 Å². The Bertz CT molecular complexity index is 294. The summed E-state index contributed by atoms with van der Waals surface area (Å²) < 4.78 is 0. The molecule has 2 N–H and O–H groups in total. The minimum Gasteiger partial charge on any atom is -0.321 e. The highest BCUT2D eigenvalue weighted by Gasteiger charge is 2.05. The Hall–Kier alpha value is -0.790. The normalized spacial score (nSPS) is 12.6. The van der Waals surface area contributed by atoms with E-state index in [4.69, 9.17) is 17.3 Å². The van der Waals surface area contributed by atoms with Crippen molar-refractivity contribution in [1.29, 1.82) is 0 Å². The summed E-state index contributed by atoms with van der Waals surface area (Å²) in [4.78, 5) is 0. The molecule has 1 rings (SSSR count). The van der Waals surface area contributed by atoms with Crippen LogP contribution >= 0.6 is 11.6 Å². The van der Waals surface area contributed by atoms with Gasteiger partial charge < -0.3 is 5.73 Å². The molecule has 1 nitrogen and oxygen atoms in total. The second-order valence-electron chi connectivity index (χ2n) is 2.79. The number of rotatable bonds is 2. The Morgan fingerprint density at radius 3 is 2.75 bits per heavy atom. The van der Waals surface area contributed by atoms with E-state index in [0.29, 0.717) is 5.02 Å². The zero-order valence-electron chi connectivity index (χ0n) is 7.05. The fourth-order valence-corrected chi connectivity index (χ4v) is 1.39. The van der Waals surface area contributed by atoms with Crippen molar-refractivity contribution < 1.29 is 0 Å². The predicted octanol–water partition coefficient (Wildman–Crippen LogP) is 2.83. The number of hydrogen-bond acceptors (Lipinski definition) is 1. The molecular formula is C10H12ClN. The van der Waals surface area contributed by atoms with Crippen molar-refractivity contribution in [3.63, 3.8) is 0 Å². The van der Waals surface area contributed by atoms with E-state index < -0.39 is 0 Å². The summed E-state index contributed by atoms with van der Waals surface area (Å²) in [5.41, 5.74) is 7.81. The van der Waals surface area contributed by atoms with Gasteiger partial charge in [-0.15, -0.1) is 6.58 Å². The van der Waals surface area contributed by atoms with Crippen LogP contribution in [-0.2, 0) is 0 Å². The molecule has 0 aromatic heterocycles. The Morgan fingerprint density at radius 2 is 2.25 bits per heavy atom. The molecule has 0 aliphatic rings. The van der Waals surface area contributed by atoms with Crippen molar-refractivity contribution >= 4 is 11.6 Å². The molecule has 0 amide bonds. The van der Waals surface area contributed by atoms with Gasteiger partial charge in [-0.25, -0.2) is 0 Å². The quantitative estimate of drug-likeness (QED) is 0.698. The summed E-state index contributed by atoms with van der Waals surface area (Å²) in [6.45, 7) is 5.61. The zero-order chi connectivity index (χ0) is 9.14. The Morgan fingerprint density at radius 1 is 1.58 bits per heavy atom. The van der Waals surface area contributed by atoms with Gasteiger partial charge in [0.1, 0.15) is 0 Å². The van der Waals surface area contributed by atoms with Crippen LogP contribution in [0, 0.1) is 6.92 Å². The maximum atomic E-state index is 5.98. The van der Waals surface area contributed by atoms with Gasteiger partial charge in [-0.2, -0.15) is 0 Å². The Labute approximate surface area is 77.8 Å². The van der Waals surface area contributed by atoms with Crippen LogP contribution in [0.3, 0.4) is 0 Å². The van der Waals surface area contributed by atoms with Gasteiger partial charge in [0.2, 0.25) is 0 Å². The van der Waals surface area contributed by atoms with Crippen molar-refractivity contribution in [1.82, 2.24) is 0 Å². The van der Waals surface area contributed by atoms with Crippen LogP contribution in [0.25, 0.3) is 0 Å². The smallest absolute Gasteiger partial charge is 0.0493 e. The molecule has 1 aromatic carbocycles. The number of aryl methyl sites for hydroxylation is 1. The van der Waals surface area contributed by atoms with Crippen LogP contribution < -0.4 is 5.73 Å². The van der Waals surface area contributed by atoms with E-state index in [-0.39, 0.29) is 6.04 Å². The maximum Gasteiger partial charge on any atom is 0.0493 e. The fraction of sp³-hybridized carbons (Fsp3) is 0.200. The van der Waals surface area contributed by atoms with Gasteiger partial charge in [-0.3, -0.25) is 0 Å². The number of hydrogen-bond donors (Lipinski definition) is 1.